The van der Waals surface area contributed by atoms with Crippen LogP contribution in [0.3, 0.4) is 0 Å². The fourth-order valence-corrected chi connectivity index (χ4v) is 1.28. The Morgan fingerprint density at radius 1 is 1.45 bits per heavy atom. The van der Waals surface area contributed by atoms with E-state index in [0.717, 1.165) is 15.8 Å². The van der Waals surface area contributed by atoms with Crippen molar-refractivity contribution in [3.05, 3.63) is 23.1 Å². The Kier molecular flexibility index (Phi) is 1.42. The molecule has 0 fully saturated rings. The van der Waals surface area contributed by atoms with Gasteiger partial charge in [0.25, 0.3) is 0 Å². The first kappa shape index (κ1) is 6.79. The van der Waals surface area contributed by atoms with E-state index >= 15 is 0 Å². The zero-order valence-electron chi connectivity index (χ0n) is 5.95. The third kappa shape index (κ3) is 1.03. The van der Waals surface area contributed by atoms with Crippen molar-refractivity contribution in [1.82, 2.24) is 14.5 Å². The zero-order valence-corrected chi connectivity index (χ0v) is 7.54. The van der Waals surface area contributed by atoms with E-state index in [2.05, 4.69) is 25.9 Å². The van der Waals surface area contributed by atoms with Crippen LogP contribution in [0.25, 0.3) is 11.2 Å². The molecule has 0 N–H and O–H groups in total. The number of halogens is 1. The van der Waals surface area contributed by atoms with Gasteiger partial charge in [-0.2, -0.15) is 0 Å². The third-order valence-corrected chi connectivity index (χ3v) is 1.97. The van der Waals surface area contributed by atoms with E-state index < -0.39 is 0 Å². The Morgan fingerprint density at radius 3 is 3.09 bits per heavy atom. The van der Waals surface area contributed by atoms with Crippen molar-refractivity contribution in [2.24, 2.45) is 7.05 Å². The summed E-state index contributed by atoms with van der Waals surface area (Å²) in [6.45, 7) is 0. The van der Waals surface area contributed by atoms with E-state index in [4.69, 9.17) is 0 Å². The molecule has 2 aromatic heterocycles. The zero-order chi connectivity index (χ0) is 7.84. The number of imidazole rings is 1. The van der Waals surface area contributed by atoms with Crippen molar-refractivity contribution in [3.8, 4) is 0 Å². The Bertz CT molecular complexity index is 393. The number of rotatable bonds is 0. The lowest BCUT2D eigenvalue weighted by Crippen LogP contribution is -1.87. The summed E-state index contributed by atoms with van der Waals surface area (Å²) < 4.78 is 2.73. The fourth-order valence-electron chi connectivity index (χ4n) is 0.982. The van der Waals surface area contributed by atoms with Crippen LogP contribution in [-0.4, -0.2) is 14.5 Å². The molecule has 56 valence electrons. The summed E-state index contributed by atoms with van der Waals surface area (Å²) in [7, 11) is 1.93. The van der Waals surface area contributed by atoms with Gasteiger partial charge in [-0.1, -0.05) is 0 Å². The molecule has 0 radical (unpaired) electrons. The minimum Gasteiger partial charge on any atom is -0.318 e. The normalized spacial score (nSPS) is 10.7. The second-order valence-electron chi connectivity index (χ2n) is 2.33. The standard InChI is InChI=1S/C7H6BrN3/c1-11-4-9-5-2-3-6(8)10-7(5)11/h2-4H,1H3. The highest BCUT2D eigenvalue weighted by molar-refractivity contribution is 9.10. The van der Waals surface area contributed by atoms with Crippen molar-refractivity contribution >= 4 is 27.1 Å². The van der Waals surface area contributed by atoms with Crippen LogP contribution < -0.4 is 0 Å². The second kappa shape index (κ2) is 2.30. The van der Waals surface area contributed by atoms with E-state index in [-0.39, 0.29) is 0 Å². The van der Waals surface area contributed by atoms with Gasteiger partial charge in [0.15, 0.2) is 5.65 Å². The molecular weight excluding hydrogens is 206 g/mol. The highest BCUT2D eigenvalue weighted by Crippen LogP contribution is 2.12. The Balaban J connectivity index is 2.87. The van der Waals surface area contributed by atoms with Gasteiger partial charge in [0.05, 0.1) is 6.33 Å². The van der Waals surface area contributed by atoms with Crippen molar-refractivity contribution in [3.63, 3.8) is 0 Å². The Morgan fingerprint density at radius 2 is 2.27 bits per heavy atom. The smallest absolute Gasteiger partial charge is 0.160 e. The molecule has 4 heteroatoms. The van der Waals surface area contributed by atoms with E-state index in [1.165, 1.54) is 0 Å². The first-order chi connectivity index (χ1) is 5.27. The molecule has 2 rings (SSSR count). The molecule has 0 aromatic carbocycles. The summed E-state index contributed by atoms with van der Waals surface area (Å²) in [5.41, 5.74) is 1.83. The number of aromatic nitrogens is 3. The van der Waals surface area contributed by atoms with Crippen molar-refractivity contribution in [2.45, 2.75) is 0 Å². The number of hydrogen-bond donors (Lipinski definition) is 0. The molecule has 2 heterocycles. The van der Waals surface area contributed by atoms with Crippen LogP contribution in [-0.2, 0) is 7.05 Å². The fraction of sp³-hybridized carbons (Fsp3) is 0.143. The molecule has 2 aromatic rings. The minimum absolute atomic E-state index is 0.841. The molecular formula is C7H6BrN3. The number of aryl methyl sites for hydroxylation is 1. The van der Waals surface area contributed by atoms with Gasteiger partial charge in [-0.05, 0) is 28.1 Å². The van der Waals surface area contributed by atoms with Crippen LogP contribution in [0.15, 0.2) is 23.1 Å². The summed E-state index contributed by atoms with van der Waals surface area (Å²) in [6.07, 6.45) is 1.75. The lowest BCUT2D eigenvalue weighted by atomic mass is 10.4. The summed E-state index contributed by atoms with van der Waals surface area (Å²) in [4.78, 5) is 8.39. The van der Waals surface area contributed by atoms with Gasteiger partial charge >= 0.3 is 0 Å². The van der Waals surface area contributed by atoms with Gasteiger partial charge in [0.2, 0.25) is 0 Å². The lowest BCUT2D eigenvalue weighted by Gasteiger charge is -1.92. The van der Waals surface area contributed by atoms with Crippen LogP contribution in [0.5, 0.6) is 0 Å². The van der Waals surface area contributed by atoms with Gasteiger partial charge in [0.1, 0.15) is 10.1 Å². The van der Waals surface area contributed by atoms with Gasteiger partial charge in [0, 0.05) is 7.05 Å². The molecule has 3 nitrogen and oxygen atoms in total. The molecule has 0 spiro atoms. The molecule has 0 unspecified atom stereocenters. The number of nitrogens with zero attached hydrogens (tertiary/aromatic N) is 3. The Labute approximate surface area is 72.2 Å². The highest BCUT2D eigenvalue weighted by atomic mass is 79.9. The third-order valence-electron chi connectivity index (χ3n) is 1.52. The van der Waals surface area contributed by atoms with Crippen molar-refractivity contribution in [1.29, 1.82) is 0 Å². The highest BCUT2D eigenvalue weighted by Gasteiger charge is 1.99. The molecule has 0 bridgehead atoms. The summed E-state index contributed by atoms with van der Waals surface area (Å²) in [6, 6.07) is 3.82. The van der Waals surface area contributed by atoms with Gasteiger partial charge in [-0.25, -0.2) is 9.97 Å². The largest absolute Gasteiger partial charge is 0.318 e. The minimum atomic E-state index is 0.841. The molecule has 0 saturated carbocycles. The van der Waals surface area contributed by atoms with Crippen LogP contribution in [0.4, 0.5) is 0 Å². The lowest BCUT2D eigenvalue weighted by molar-refractivity contribution is 0.929. The number of pyridine rings is 1. The second-order valence-corrected chi connectivity index (χ2v) is 3.14. The maximum atomic E-state index is 4.25. The number of fused-ring (bicyclic) bond motifs is 1. The molecule has 0 aliphatic carbocycles. The number of hydrogen-bond acceptors (Lipinski definition) is 2. The van der Waals surface area contributed by atoms with E-state index in [9.17, 15) is 0 Å². The quantitative estimate of drug-likeness (QED) is 0.622. The molecule has 0 aliphatic heterocycles. The van der Waals surface area contributed by atoms with E-state index in [0.29, 0.717) is 0 Å². The molecule has 11 heavy (non-hydrogen) atoms. The molecule has 0 aliphatic rings. The first-order valence-corrected chi connectivity index (χ1v) is 4.00. The maximum Gasteiger partial charge on any atom is 0.160 e. The molecule has 0 atom stereocenters. The molecule has 0 amide bonds. The average Bonchev–Trinajstić information content (AvgIpc) is 2.33. The predicted molar refractivity (Wildman–Crippen MR) is 46.2 cm³/mol. The topological polar surface area (TPSA) is 30.7 Å². The first-order valence-electron chi connectivity index (χ1n) is 3.21. The average molecular weight is 212 g/mol. The van der Waals surface area contributed by atoms with Crippen LogP contribution in [0.2, 0.25) is 0 Å². The molecule has 0 saturated heterocycles. The van der Waals surface area contributed by atoms with Gasteiger partial charge < -0.3 is 4.57 Å². The van der Waals surface area contributed by atoms with E-state index in [1.807, 2.05) is 23.7 Å². The van der Waals surface area contributed by atoms with E-state index in [1.54, 1.807) is 6.33 Å². The monoisotopic (exact) mass is 211 g/mol. The van der Waals surface area contributed by atoms with Crippen molar-refractivity contribution < 1.29 is 0 Å². The summed E-state index contributed by atoms with van der Waals surface area (Å²) in [5.74, 6) is 0. The summed E-state index contributed by atoms with van der Waals surface area (Å²) >= 11 is 3.30. The van der Waals surface area contributed by atoms with Gasteiger partial charge in [-0.15, -0.1) is 0 Å². The predicted octanol–water partition coefficient (Wildman–Crippen LogP) is 1.73. The van der Waals surface area contributed by atoms with Crippen LogP contribution >= 0.6 is 15.9 Å². The SMILES string of the molecule is Cn1cnc2ccc(Br)nc21. The van der Waals surface area contributed by atoms with Crippen molar-refractivity contribution in [2.75, 3.05) is 0 Å². The van der Waals surface area contributed by atoms with Crippen LogP contribution in [0.1, 0.15) is 0 Å². The van der Waals surface area contributed by atoms with Gasteiger partial charge in [-0.3, -0.25) is 0 Å². The van der Waals surface area contributed by atoms with Crippen LogP contribution in [0, 0.1) is 0 Å². The Hall–Kier alpha value is -0.900. The summed E-state index contributed by atoms with van der Waals surface area (Å²) in [5, 5.41) is 0. The maximum absolute atomic E-state index is 4.25.